The molecule has 5 rings (SSSR count). The van der Waals surface area contributed by atoms with Crippen molar-refractivity contribution in [3.05, 3.63) is 77.0 Å². The normalized spacial score (nSPS) is 19.0. The molecular formula is C42H56IrNO3-. The van der Waals surface area contributed by atoms with E-state index < -0.39 is 53.5 Å². The molecule has 0 saturated carbocycles. The van der Waals surface area contributed by atoms with Crippen LogP contribution < -0.4 is 0 Å². The monoisotopic (exact) mass is 825 g/mol. The number of pyridine rings is 1. The third-order valence-electron chi connectivity index (χ3n) is 9.33. The maximum atomic E-state index is 11.9. The molecule has 1 aliphatic rings. The van der Waals surface area contributed by atoms with Crippen LogP contribution in [0.15, 0.2) is 58.7 Å². The first-order valence-electron chi connectivity index (χ1n) is 21.7. The fraction of sp³-hybridized carbons (Fsp3) is 0.524. The third-order valence-corrected chi connectivity index (χ3v) is 9.33. The Balaban J connectivity index is 0.000000436. The minimum atomic E-state index is -1.97. The molecular weight excluding hydrogens is 759 g/mol. The Hall–Kier alpha value is -2.75. The predicted molar refractivity (Wildman–Crippen MR) is 193 cm³/mol. The van der Waals surface area contributed by atoms with Gasteiger partial charge in [-0.25, -0.2) is 0 Å². The summed E-state index contributed by atoms with van der Waals surface area (Å²) < 4.78 is 91.9. The summed E-state index contributed by atoms with van der Waals surface area (Å²) in [5.41, 5.74) is 0.616. The van der Waals surface area contributed by atoms with Gasteiger partial charge in [-0.1, -0.05) is 75.3 Å². The molecule has 2 aromatic heterocycles. The van der Waals surface area contributed by atoms with Crippen LogP contribution in [-0.4, -0.2) is 15.9 Å². The molecule has 0 bridgehead atoms. The van der Waals surface area contributed by atoms with Crippen LogP contribution in [0.25, 0.3) is 33.2 Å². The number of hydrogen-bond acceptors (Lipinski definition) is 4. The van der Waals surface area contributed by atoms with Gasteiger partial charge in [-0.15, -0.1) is 35.8 Å². The zero-order valence-corrected chi connectivity index (χ0v) is 31.9. The first-order chi connectivity index (χ1) is 25.9. The first-order valence-corrected chi connectivity index (χ1v) is 16.7. The van der Waals surface area contributed by atoms with Gasteiger partial charge in [0.25, 0.3) is 0 Å². The van der Waals surface area contributed by atoms with Gasteiger partial charge in [-0.2, -0.15) is 0 Å². The average molecular weight is 825 g/mol. The number of carbonyl (C=O) groups excluding carboxylic acids is 1. The second-order valence-corrected chi connectivity index (χ2v) is 13.9. The quantitative estimate of drug-likeness (QED) is 0.0983. The second kappa shape index (κ2) is 16.1. The summed E-state index contributed by atoms with van der Waals surface area (Å²) in [5.74, 6) is -0.925. The van der Waals surface area contributed by atoms with E-state index in [2.05, 4.69) is 24.9 Å². The summed E-state index contributed by atoms with van der Waals surface area (Å²) in [6.45, 7) is 19.5. The number of allylic oxidation sites excluding steroid dienone is 2. The van der Waals surface area contributed by atoms with Gasteiger partial charge < -0.3 is 14.5 Å². The molecule has 2 heterocycles. The number of carbonyl (C=O) groups is 1. The molecule has 4 nitrogen and oxygen atoms in total. The van der Waals surface area contributed by atoms with E-state index in [1.807, 2.05) is 41.5 Å². The summed E-state index contributed by atoms with van der Waals surface area (Å²) in [5, 5.41) is 10.6. The minimum Gasteiger partial charge on any atom is -0.512 e. The first kappa shape index (κ1) is 26.2. The molecule has 0 atom stereocenters. The van der Waals surface area contributed by atoms with E-state index in [0.29, 0.717) is 10.9 Å². The van der Waals surface area contributed by atoms with Crippen molar-refractivity contribution in [1.82, 2.24) is 4.98 Å². The number of aliphatic hydroxyl groups excluding tert-OH is 1. The standard InChI is InChI=1S/C29H32NO.C13H24O2.Ir/c1-18(2)16-20-17-22-24(29(5,6)14-13-28(22,3)4)23-21-12-15-30-25(27(21)31-26(20)23)19-10-8-7-9-11-19;1-5-10(6-2)12(14)9-13(15)11(7-3)8-4;/h7-10,12,15,17-18H,13-14,16H2,1-6H3;9-11,14H,5-8H2,1-4H3;/q-1;;/b;12-9-;/i7D,8D,9D,10D,12D,15D,16D2,17D;9D;. The third kappa shape index (κ3) is 8.28. The summed E-state index contributed by atoms with van der Waals surface area (Å²) in [6.07, 6.45) is 2.17. The molecule has 0 aliphatic heterocycles. The fourth-order valence-corrected chi connectivity index (χ4v) is 6.34. The molecule has 0 amide bonds. The van der Waals surface area contributed by atoms with Gasteiger partial charge in [0.1, 0.15) is 11.2 Å². The maximum absolute atomic E-state index is 11.9. The number of benzene rings is 2. The van der Waals surface area contributed by atoms with E-state index in [9.17, 15) is 11.3 Å². The minimum absolute atomic E-state index is 0. The number of nitrogens with zero attached hydrogens (tertiary/aromatic N) is 1. The van der Waals surface area contributed by atoms with E-state index in [1.54, 1.807) is 13.8 Å². The number of furan rings is 1. The van der Waals surface area contributed by atoms with Crippen LogP contribution in [0.2, 0.25) is 0 Å². The van der Waals surface area contributed by atoms with Crippen LogP contribution in [0, 0.1) is 23.8 Å². The second-order valence-electron chi connectivity index (χ2n) is 13.9. The van der Waals surface area contributed by atoms with Gasteiger partial charge in [0, 0.05) is 66.1 Å². The molecule has 47 heavy (non-hydrogen) atoms. The Labute approximate surface area is 311 Å². The van der Waals surface area contributed by atoms with Crippen LogP contribution in [-0.2, 0) is 42.1 Å². The van der Waals surface area contributed by atoms with E-state index >= 15 is 0 Å². The van der Waals surface area contributed by atoms with E-state index in [4.69, 9.17) is 16.8 Å². The summed E-state index contributed by atoms with van der Waals surface area (Å²) in [7, 11) is 0. The Bertz CT molecular complexity index is 2200. The van der Waals surface area contributed by atoms with Gasteiger partial charge >= 0.3 is 0 Å². The van der Waals surface area contributed by atoms with Crippen molar-refractivity contribution in [1.29, 1.82) is 0 Å². The van der Waals surface area contributed by atoms with Crippen LogP contribution in [0.4, 0.5) is 0 Å². The summed E-state index contributed by atoms with van der Waals surface area (Å²) >= 11 is 0. The van der Waals surface area contributed by atoms with Crippen molar-refractivity contribution in [2.75, 3.05) is 0 Å². The molecule has 2 aromatic carbocycles. The molecule has 0 spiro atoms. The van der Waals surface area contributed by atoms with E-state index in [0.717, 1.165) is 44.1 Å². The van der Waals surface area contributed by atoms with Crippen LogP contribution in [0.1, 0.15) is 138 Å². The molecule has 1 radical (unpaired) electrons. The van der Waals surface area contributed by atoms with Crippen molar-refractivity contribution >= 4 is 27.7 Å². The van der Waals surface area contributed by atoms with Gasteiger partial charge in [0.2, 0.25) is 0 Å². The predicted octanol–water partition coefficient (Wildman–Crippen LogP) is 11.9. The summed E-state index contributed by atoms with van der Waals surface area (Å²) in [4.78, 5) is 16.1. The Kier molecular flexibility index (Phi) is 8.96. The van der Waals surface area contributed by atoms with Crippen molar-refractivity contribution in [2.24, 2.45) is 17.8 Å². The zero-order valence-electron chi connectivity index (χ0n) is 39.5. The SMILES string of the molecule is [2H]/C(C(=O)C(CC)CC)=C(/O)C(CC)CC.[2H]c1[c-]c(-c2nc([2H])c([2H])c3c2oc2c(C([2H])([2H])C(C)C)c([2H])c4c(c23)C(C)(C)CCC4(C)C)c([2H])c([2H])c1[2H].[Ir]. The average Bonchev–Trinajstić information content (AvgIpc) is 3.52. The molecule has 1 aliphatic carbocycles. The largest absolute Gasteiger partial charge is 0.512 e. The molecule has 0 unspecified atom stereocenters. The molecule has 1 N–H and O–H groups in total. The number of hydrogen-bond donors (Lipinski definition) is 1. The van der Waals surface area contributed by atoms with Gasteiger partial charge in [0.05, 0.1) is 11.2 Å². The molecule has 0 fully saturated rings. The Morgan fingerprint density at radius 3 is 2.30 bits per heavy atom. The smallest absolute Gasteiger partial charge is 0.162 e. The van der Waals surface area contributed by atoms with Crippen LogP contribution >= 0.6 is 0 Å². The zero-order chi connectivity index (χ0) is 42.6. The number of fused-ring (bicyclic) bond motifs is 5. The van der Waals surface area contributed by atoms with E-state index in [-0.39, 0.29) is 95.0 Å². The van der Waals surface area contributed by atoms with Gasteiger partial charge in [-0.3, -0.25) is 4.79 Å². The van der Waals surface area contributed by atoms with Gasteiger partial charge in [0.15, 0.2) is 5.78 Å². The molecule has 257 valence electrons. The van der Waals surface area contributed by atoms with Crippen LogP contribution in [0.3, 0.4) is 0 Å². The fourth-order valence-electron chi connectivity index (χ4n) is 6.34. The number of ketones is 1. The van der Waals surface area contributed by atoms with Crippen molar-refractivity contribution in [3.8, 4) is 11.3 Å². The topological polar surface area (TPSA) is 63.3 Å². The van der Waals surface area contributed by atoms with Crippen molar-refractivity contribution < 1.29 is 48.1 Å². The van der Waals surface area contributed by atoms with Crippen molar-refractivity contribution in [2.45, 2.75) is 125 Å². The Morgan fingerprint density at radius 2 is 1.68 bits per heavy atom. The number of aliphatic hydroxyl groups is 1. The summed E-state index contributed by atoms with van der Waals surface area (Å²) in [6, 6.07) is 0.544. The number of aromatic nitrogens is 1. The molecule has 4 aromatic rings. The van der Waals surface area contributed by atoms with E-state index in [1.165, 1.54) is 0 Å². The van der Waals surface area contributed by atoms with Crippen molar-refractivity contribution in [3.63, 3.8) is 0 Å². The molecule has 0 saturated heterocycles. The molecule has 5 heteroatoms. The maximum Gasteiger partial charge on any atom is 0.162 e. The van der Waals surface area contributed by atoms with Crippen LogP contribution in [0.5, 0.6) is 0 Å². The number of rotatable bonds is 10. The van der Waals surface area contributed by atoms with Gasteiger partial charge in [-0.05, 0) is 87.1 Å². The Morgan fingerprint density at radius 1 is 1.04 bits per heavy atom.